The maximum Gasteiger partial charge on any atom is 0.269 e. The Morgan fingerprint density at radius 3 is 2.78 bits per heavy atom. The van der Waals surface area contributed by atoms with Gasteiger partial charge in [0.25, 0.3) is 5.69 Å². The summed E-state index contributed by atoms with van der Waals surface area (Å²) in [5.74, 6) is -0.163. The number of rotatable bonds is 5. The molecule has 0 saturated heterocycles. The van der Waals surface area contributed by atoms with Gasteiger partial charge in [-0.25, -0.2) is 0 Å². The van der Waals surface area contributed by atoms with Crippen molar-refractivity contribution in [2.75, 3.05) is 7.05 Å². The SMILES string of the molecule is CC[C@H](N)C(=O)N(C)Cc1cccc([N+](=O)[O-])c1. The molecule has 0 aliphatic heterocycles. The number of hydrogen-bond donors (Lipinski definition) is 1. The lowest BCUT2D eigenvalue weighted by Crippen LogP contribution is -2.40. The molecule has 0 spiro atoms. The minimum Gasteiger partial charge on any atom is -0.340 e. The van der Waals surface area contributed by atoms with Crippen LogP contribution in [0.1, 0.15) is 18.9 Å². The lowest BCUT2D eigenvalue weighted by molar-refractivity contribution is -0.384. The lowest BCUT2D eigenvalue weighted by Gasteiger charge is -2.20. The van der Waals surface area contributed by atoms with E-state index in [0.717, 1.165) is 0 Å². The van der Waals surface area contributed by atoms with Crippen LogP contribution < -0.4 is 5.73 Å². The Morgan fingerprint density at radius 2 is 2.22 bits per heavy atom. The van der Waals surface area contributed by atoms with E-state index in [1.165, 1.54) is 17.0 Å². The standard InChI is InChI=1S/C12H17N3O3/c1-3-11(13)12(16)14(2)8-9-5-4-6-10(7-9)15(17)18/h4-7,11H,3,8,13H2,1-2H3/t11-/m0/s1. The van der Waals surface area contributed by atoms with Crippen LogP contribution in [0.2, 0.25) is 0 Å². The number of hydrogen-bond acceptors (Lipinski definition) is 4. The Kier molecular flexibility index (Phi) is 4.79. The molecule has 1 amide bonds. The second kappa shape index (κ2) is 6.11. The maximum atomic E-state index is 11.8. The number of nitro benzene ring substituents is 1. The van der Waals surface area contributed by atoms with Crippen molar-refractivity contribution in [1.82, 2.24) is 4.90 Å². The molecule has 2 N–H and O–H groups in total. The normalized spacial score (nSPS) is 11.9. The fourth-order valence-corrected chi connectivity index (χ4v) is 1.58. The van der Waals surface area contributed by atoms with Gasteiger partial charge < -0.3 is 10.6 Å². The Labute approximate surface area is 106 Å². The molecule has 0 saturated carbocycles. The van der Waals surface area contributed by atoms with Gasteiger partial charge in [0.1, 0.15) is 0 Å². The highest BCUT2D eigenvalue weighted by Gasteiger charge is 2.16. The minimum atomic E-state index is -0.520. The van der Waals surface area contributed by atoms with Crippen LogP contribution in [-0.4, -0.2) is 28.8 Å². The molecule has 1 rings (SSSR count). The number of likely N-dealkylation sites (N-methyl/N-ethyl adjacent to an activating group) is 1. The highest BCUT2D eigenvalue weighted by Crippen LogP contribution is 2.14. The predicted molar refractivity (Wildman–Crippen MR) is 67.8 cm³/mol. The zero-order valence-electron chi connectivity index (χ0n) is 10.5. The van der Waals surface area contributed by atoms with Gasteiger partial charge in [-0.2, -0.15) is 0 Å². The number of amides is 1. The lowest BCUT2D eigenvalue weighted by atomic mass is 10.1. The molecule has 1 aromatic rings. The van der Waals surface area contributed by atoms with Gasteiger partial charge >= 0.3 is 0 Å². The van der Waals surface area contributed by atoms with E-state index in [9.17, 15) is 14.9 Å². The van der Waals surface area contributed by atoms with Crippen molar-refractivity contribution < 1.29 is 9.72 Å². The van der Waals surface area contributed by atoms with Crippen molar-refractivity contribution in [3.63, 3.8) is 0 Å². The van der Waals surface area contributed by atoms with Gasteiger partial charge in [0.15, 0.2) is 0 Å². The van der Waals surface area contributed by atoms with Gasteiger partial charge in [-0.05, 0) is 12.0 Å². The Hall–Kier alpha value is -1.95. The summed E-state index contributed by atoms with van der Waals surface area (Å²) < 4.78 is 0. The highest BCUT2D eigenvalue weighted by atomic mass is 16.6. The molecule has 0 bridgehead atoms. The number of non-ortho nitro benzene ring substituents is 1. The molecular formula is C12H17N3O3. The van der Waals surface area contributed by atoms with Crippen LogP contribution in [0.25, 0.3) is 0 Å². The van der Waals surface area contributed by atoms with E-state index in [0.29, 0.717) is 18.5 Å². The van der Waals surface area contributed by atoms with E-state index >= 15 is 0 Å². The summed E-state index contributed by atoms with van der Waals surface area (Å²) in [5, 5.41) is 10.6. The van der Waals surface area contributed by atoms with Crippen molar-refractivity contribution in [3.05, 3.63) is 39.9 Å². The van der Waals surface area contributed by atoms with Gasteiger partial charge in [-0.3, -0.25) is 14.9 Å². The average Bonchev–Trinajstić information content (AvgIpc) is 2.37. The van der Waals surface area contributed by atoms with Crippen molar-refractivity contribution in [3.8, 4) is 0 Å². The first-order valence-electron chi connectivity index (χ1n) is 5.69. The van der Waals surface area contributed by atoms with Gasteiger partial charge in [0, 0.05) is 25.7 Å². The molecule has 0 unspecified atom stereocenters. The number of nitrogens with zero attached hydrogens (tertiary/aromatic N) is 2. The molecule has 0 heterocycles. The molecule has 0 fully saturated rings. The van der Waals surface area contributed by atoms with E-state index in [4.69, 9.17) is 5.73 Å². The van der Waals surface area contributed by atoms with Crippen LogP contribution >= 0.6 is 0 Å². The third-order valence-corrected chi connectivity index (χ3v) is 2.67. The number of nitrogens with two attached hydrogens (primary N) is 1. The van der Waals surface area contributed by atoms with Crippen molar-refractivity contribution in [2.24, 2.45) is 5.73 Å². The zero-order valence-corrected chi connectivity index (χ0v) is 10.5. The number of nitro groups is 1. The molecular weight excluding hydrogens is 234 g/mol. The van der Waals surface area contributed by atoms with Crippen molar-refractivity contribution >= 4 is 11.6 Å². The maximum absolute atomic E-state index is 11.8. The largest absolute Gasteiger partial charge is 0.340 e. The Morgan fingerprint density at radius 1 is 1.56 bits per heavy atom. The number of carbonyl (C=O) groups is 1. The van der Waals surface area contributed by atoms with Crippen LogP contribution in [-0.2, 0) is 11.3 Å². The summed E-state index contributed by atoms with van der Waals surface area (Å²) in [6, 6.07) is 5.71. The molecule has 6 heteroatoms. The molecule has 98 valence electrons. The first-order chi connectivity index (χ1) is 8.45. The average molecular weight is 251 g/mol. The molecule has 0 aliphatic carbocycles. The first kappa shape index (κ1) is 14.1. The van der Waals surface area contributed by atoms with Crippen LogP contribution in [0.5, 0.6) is 0 Å². The summed E-state index contributed by atoms with van der Waals surface area (Å²) in [6.07, 6.45) is 0.568. The van der Waals surface area contributed by atoms with Crippen molar-refractivity contribution in [2.45, 2.75) is 25.9 Å². The van der Waals surface area contributed by atoms with Gasteiger partial charge in [-0.1, -0.05) is 19.1 Å². The molecule has 0 aliphatic rings. The predicted octanol–water partition coefficient (Wildman–Crippen LogP) is 1.29. The molecule has 6 nitrogen and oxygen atoms in total. The molecule has 0 radical (unpaired) electrons. The van der Waals surface area contributed by atoms with Crippen molar-refractivity contribution in [1.29, 1.82) is 0 Å². The van der Waals surface area contributed by atoms with E-state index < -0.39 is 11.0 Å². The molecule has 1 atom stereocenters. The van der Waals surface area contributed by atoms with E-state index in [2.05, 4.69) is 0 Å². The van der Waals surface area contributed by atoms with Crippen LogP contribution in [0.3, 0.4) is 0 Å². The highest BCUT2D eigenvalue weighted by molar-refractivity contribution is 5.81. The molecule has 1 aromatic carbocycles. The number of carbonyl (C=O) groups excluding carboxylic acids is 1. The fraction of sp³-hybridized carbons (Fsp3) is 0.417. The zero-order chi connectivity index (χ0) is 13.7. The topological polar surface area (TPSA) is 89.5 Å². The molecule has 18 heavy (non-hydrogen) atoms. The van der Waals surface area contributed by atoms with Crippen LogP contribution in [0.4, 0.5) is 5.69 Å². The quantitative estimate of drug-likeness (QED) is 0.630. The van der Waals surface area contributed by atoms with Gasteiger partial charge in [-0.15, -0.1) is 0 Å². The summed E-state index contributed by atoms with van der Waals surface area (Å²) in [7, 11) is 1.64. The minimum absolute atomic E-state index is 0.0214. The third kappa shape index (κ3) is 3.53. The van der Waals surface area contributed by atoms with Crippen LogP contribution in [0.15, 0.2) is 24.3 Å². The monoisotopic (exact) mass is 251 g/mol. The van der Waals surface area contributed by atoms with Gasteiger partial charge in [0.2, 0.25) is 5.91 Å². The van der Waals surface area contributed by atoms with E-state index in [1.54, 1.807) is 19.2 Å². The smallest absolute Gasteiger partial charge is 0.269 e. The fourth-order valence-electron chi connectivity index (χ4n) is 1.58. The molecule has 0 aromatic heterocycles. The van der Waals surface area contributed by atoms with Gasteiger partial charge in [0.05, 0.1) is 11.0 Å². The summed E-state index contributed by atoms with van der Waals surface area (Å²) in [4.78, 5) is 23.4. The number of benzene rings is 1. The van der Waals surface area contributed by atoms with E-state index in [1.807, 2.05) is 6.92 Å². The summed E-state index contributed by atoms with van der Waals surface area (Å²) in [6.45, 7) is 2.15. The van der Waals surface area contributed by atoms with Crippen LogP contribution in [0, 0.1) is 10.1 Å². The first-order valence-corrected chi connectivity index (χ1v) is 5.69. The summed E-state index contributed by atoms with van der Waals surface area (Å²) in [5.41, 5.74) is 6.38. The summed E-state index contributed by atoms with van der Waals surface area (Å²) >= 11 is 0. The second-order valence-corrected chi connectivity index (χ2v) is 4.14. The second-order valence-electron chi connectivity index (χ2n) is 4.14. The van der Waals surface area contributed by atoms with E-state index in [-0.39, 0.29) is 11.6 Å². The Balaban J connectivity index is 2.75. The third-order valence-electron chi connectivity index (χ3n) is 2.67. The Bertz CT molecular complexity index is 448.